The lowest BCUT2D eigenvalue weighted by atomic mass is 10.1. The van der Waals surface area contributed by atoms with E-state index in [4.69, 9.17) is 4.74 Å². The quantitative estimate of drug-likeness (QED) is 0.757. The number of hydrogen-bond donors (Lipinski definition) is 2. The van der Waals surface area contributed by atoms with Crippen LogP contribution in [-0.2, 0) is 11.2 Å². The number of carbonyl (C=O) groups excluding carboxylic acids is 1. The Balaban J connectivity index is 1.43. The molecule has 0 aliphatic carbocycles. The van der Waals surface area contributed by atoms with Crippen molar-refractivity contribution in [2.45, 2.75) is 18.6 Å². The largest absolute Gasteiger partial charge is 0.486 e. The van der Waals surface area contributed by atoms with E-state index in [0.29, 0.717) is 5.75 Å². The molecule has 0 spiro atoms. The van der Waals surface area contributed by atoms with E-state index in [1.807, 2.05) is 30.5 Å². The van der Waals surface area contributed by atoms with Crippen LogP contribution in [0, 0.1) is 5.82 Å². The Bertz CT molecular complexity index is 939. The lowest BCUT2D eigenvalue weighted by molar-refractivity contribution is -0.129. The van der Waals surface area contributed by atoms with Crippen molar-refractivity contribution >= 4 is 16.8 Å². The van der Waals surface area contributed by atoms with Crippen LogP contribution in [0.25, 0.3) is 10.9 Å². The molecule has 0 saturated carbocycles. The highest BCUT2D eigenvalue weighted by Gasteiger charge is 2.35. The Hall–Kier alpha value is -2.86. The fraction of sp³-hybridized carbons (Fsp3) is 0.250. The smallest absolute Gasteiger partial charge is 0.227 e. The molecule has 2 atom stereocenters. The number of carbonyl (C=O) groups is 1. The van der Waals surface area contributed by atoms with Gasteiger partial charge in [0.05, 0.1) is 19.5 Å². The molecule has 26 heavy (non-hydrogen) atoms. The van der Waals surface area contributed by atoms with E-state index >= 15 is 0 Å². The zero-order valence-corrected chi connectivity index (χ0v) is 14.1. The number of para-hydroxylation sites is 1. The minimum Gasteiger partial charge on any atom is -0.486 e. The number of aromatic nitrogens is 1. The maximum atomic E-state index is 13.3. The summed E-state index contributed by atoms with van der Waals surface area (Å²) in [6.45, 7) is 0.486. The van der Waals surface area contributed by atoms with Gasteiger partial charge in [-0.05, 0) is 23.8 Å². The second kappa shape index (κ2) is 6.80. The summed E-state index contributed by atoms with van der Waals surface area (Å²) in [6, 6.07) is 13.6. The molecule has 1 fully saturated rings. The van der Waals surface area contributed by atoms with Gasteiger partial charge in [-0.3, -0.25) is 4.79 Å². The second-order valence-corrected chi connectivity index (χ2v) is 6.52. The van der Waals surface area contributed by atoms with E-state index in [9.17, 15) is 14.3 Å². The van der Waals surface area contributed by atoms with Crippen molar-refractivity contribution in [2.75, 3.05) is 13.1 Å². The molecular formula is C20H19FN2O3. The standard InChI is InChI=1S/C20H19FN2O3/c21-14-4-3-5-15(9-14)26-19-12-23(11-18(19)24)20(25)8-13-10-22-17-7-2-1-6-16(13)17/h1-7,9-10,18-19,22,24H,8,11-12H2/t18-,19-/m1/s1. The number of fused-ring (bicyclic) bond motifs is 1. The molecule has 0 radical (unpaired) electrons. The van der Waals surface area contributed by atoms with Crippen molar-refractivity contribution in [1.29, 1.82) is 0 Å². The van der Waals surface area contributed by atoms with Crippen LogP contribution in [0.4, 0.5) is 4.39 Å². The zero-order valence-electron chi connectivity index (χ0n) is 14.1. The minimum absolute atomic E-state index is 0.0702. The second-order valence-electron chi connectivity index (χ2n) is 6.52. The molecule has 1 aliphatic heterocycles. The van der Waals surface area contributed by atoms with E-state index in [-0.39, 0.29) is 25.4 Å². The monoisotopic (exact) mass is 354 g/mol. The number of ether oxygens (including phenoxy) is 1. The number of aromatic amines is 1. The number of aliphatic hydroxyl groups excluding tert-OH is 1. The highest BCUT2D eigenvalue weighted by atomic mass is 19.1. The minimum atomic E-state index is -0.801. The number of amides is 1. The van der Waals surface area contributed by atoms with Gasteiger partial charge in [-0.2, -0.15) is 0 Å². The number of nitrogens with one attached hydrogen (secondary N) is 1. The molecule has 134 valence electrons. The molecule has 1 aromatic heterocycles. The summed E-state index contributed by atoms with van der Waals surface area (Å²) in [6.07, 6.45) is 0.730. The van der Waals surface area contributed by atoms with Crippen molar-refractivity contribution in [3.63, 3.8) is 0 Å². The van der Waals surface area contributed by atoms with E-state index < -0.39 is 18.0 Å². The molecule has 0 unspecified atom stereocenters. The van der Waals surface area contributed by atoms with Gasteiger partial charge in [0.2, 0.25) is 5.91 Å². The molecule has 1 aliphatic rings. The predicted molar refractivity (Wildman–Crippen MR) is 95.4 cm³/mol. The molecule has 2 heterocycles. The number of rotatable bonds is 4. The number of halogens is 1. The van der Waals surface area contributed by atoms with Crippen molar-refractivity contribution in [1.82, 2.24) is 9.88 Å². The highest BCUT2D eigenvalue weighted by molar-refractivity contribution is 5.89. The third kappa shape index (κ3) is 3.28. The predicted octanol–water partition coefficient (Wildman–Crippen LogP) is 2.50. The Labute approximate surface area is 150 Å². The van der Waals surface area contributed by atoms with Gasteiger partial charge in [0, 0.05) is 23.2 Å². The Morgan fingerprint density at radius 1 is 1.23 bits per heavy atom. The van der Waals surface area contributed by atoms with Crippen LogP contribution in [-0.4, -0.2) is 46.2 Å². The Morgan fingerprint density at radius 2 is 2.08 bits per heavy atom. The summed E-state index contributed by atoms with van der Waals surface area (Å²) < 4.78 is 18.9. The molecule has 1 saturated heterocycles. The lowest BCUT2D eigenvalue weighted by Gasteiger charge is -2.17. The molecule has 6 heteroatoms. The third-order valence-corrected chi connectivity index (χ3v) is 4.69. The average Bonchev–Trinajstić information content (AvgIpc) is 3.19. The zero-order chi connectivity index (χ0) is 18.1. The van der Waals surface area contributed by atoms with Gasteiger partial charge in [-0.25, -0.2) is 4.39 Å². The summed E-state index contributed by atoms with van der Waals surface area (Å²) in [4.78, 5) is 17.4. The number of nitrogens with zero attached hydrogens (tertiary/aromatic N) is 1. The summed E-state index contributed by atoms with van der Waals surface area (Å²) in [5.74, 6) is -0.124. The number of benzene rings is 2. The molecule has 5 nitrogen and oxygen atoms in total. The molecule has 1 amide bonds. The van der Waals surface area contributed by atoms with Crippen molar-refractivity contribution < 1.29 is 19.0 Å². The number of hydrogen-bond acceptors (Lipinski definition) is 3. The first-order valence-electron chi connectivity index (χ1n) is 8.53. The Morgan fingerprint density at radius 3 is 2.92 bits per heavy atom. The van der Waals surface area contributed by atoms with E-state index in [1.165, 1.54) is 12.1 Å². The maximum absolute atomic E-state index is 13.3. The SMILES string of the molecule is O=C(Cc1c[nH]c2ccccc12)N1C[C@@H](O)[C@H](Oc2cccc(F)c2)C1. The normalized spacial score (nSPS) is 19.8. The van der Waals surface area contributed by atoms with Gasteiger partial charge in [-0.1, -0.05) is 24.3 Å². The van der Waals surface area contributed by atoms with Gasteiger partial charge in [0.15, 0.2) is 0 Å². The number of aliphatic hydroxyl groups is 1. The number of β-amino-alcohol motifs (C(OH)–C–C–N with tert-alkyl or cyclic N) is 1. The molecule has 2 aromatic carbocycles. The average molecular weight is 354 g/mol. The molecule has 3 aromatic rings. The summed E-state index contributed by atoms with van der Waals surface area (Å²) in [7, 11) is 0. The van der Waals surface area contributed by atoms with Gasteiger partial charge < -0.3 is 19.7 Å². The molecular weight excluding hydrogens is 335 g/mol. The topological polar surface area (TPSA) is 65.6 Å². The lowest BCUT2D eigenvalue weighted by Crippen LogP contribution is -2.32. The van der Waals surface area contributed by atoms with Crippen LogP contribution in [0.3, 0.4) is 0 Å². The van der Waals surface area contributed by atoms with E-state index in [2.05, 4.69) is 4.98 Å². The van der Waals surface area contributed by atoms with Crippen molar-refractivity contribution in [2.24, 2.45) is 0 Å². The summed E-state index contributed by atoms with van der Waals surface area (Å²) in [5, 5.41) is 11.2. The van der Waals surface area contributed by atoms with Crippen LogP contribution in [0.1, 0.15) is 5.56 Å². The van der Waals surface area contributed by atoms with Crippen LogP contribution in [0.15, 0.2) is 54.7 Å². The summed E-state index contributed by atoms with van der Waals surface area (Å²) >= 11 is 0. The first-order chi connectivity index (χ1) is 12.6. The molecule has 0 bridgehead atoms. The van der Waals surface area contributed by atoms with E-state index in [1.54, 1.807) is 17.0 Å². The molecule has 4 rings (SSSR count). The van der Waals surface area contributed by atoms with Crippen LogP contribution < -0.4 is 4.74 Å². The van der Waals surface area contributed by atoms with Gasteiger partial charge in [-0.15, -0.1) is 0 Å². The first-order valence-corrected chi connectivity index (χ1v) is 8.53. The van der Waals surface area contributed by atoms with Crippen molar-refractivity contribution in [3.05, 3.63) is 66.1 Å². The maximum Gasteiger partial charge on any atom is 0.227 e. The van der Waals surface area contributed by atoms with E-state index in [0.717, 1.165) is 16.5 Å². The van der Waals surface area contributed by atoms with Crippen molar-refractivity contribution in [3.8, 4) is 5.75 Å². The van der Waals surface area contributed by atoms with Gasteiger partial charge in [0.25, 0.3) is 0 Å². The number of H-pyrrole nitrogens is 1. The molecule has 2 N–H and O–H groups in total. The number of likely N-dealkylation sites (tertiary alicyclic amines) is 1. The fourth-order valence-corrected chi connectivity index (χ4v) is 3.34. The van der Waals surface area contributed by atoms with Crippen LogP contribution in [0.5, 0.6) is 5.75 Å². The fourth-order valence-electron chi connectivity index (χ4n) is 3.34. The highest BCUT2D eigenvalue weighted by Crippen LogP contribution is 2.22. The Kier molecular flexibility index (Phi) is 4.34. The van der Waals surface area contributed by atoms with Crippen LogP contribution in [0.2, 0.25) is 0 Å². The van der Waals surface area contributed by atoms with Crippen LogP contribution >= 0.6 is 0 Å². The summed E-state index contributed by atoms with van der Waals surface area (Å²) in [5.41, 5.74) is 1.92. The van der Waals surface area contributed by atoms with Gasteiger partial charge in [0.1, 0.15) is 23.8 Å². The third-order valence-electron chi connectivity index (χ3n) is 4.69. The first kappa shape index (κ1) is 16.6. The van der Waals surface area contributed by atoms with Gasteiger partial charge >= 0.3 is 0 Å².